The van der Waals surface area contributed by atoms with Crippen LogP contribution < -0.4 is 5.32 Å². The van der Waals surface area contributed by atoms with Gasteiger partial charge in [-0.3, -0.25) is 0 Å². The number of nitrogens with one attached hydrogen (secondary N) is 1. The summed E-state index contributed by atoms with van der Waals surface area (Å²) in [5.41, 5.74) is -0.107. The zero-order valence-electron chi connectivity index (χ0n) is 13.6. The first kappa shape index (κ1) is 17.9. The highest BCUT2D eigenvalue weighted by Crippen LogP contribution is 2.27. The molecule has 0 heterocycles. The number of rotatable bonds is 10. The van der Waals surface area contributed by atoms with Crippen molar-refractivity contribution in [2.24, 2.45) is 0 Å². The van der Waals surface area contributed by atoms with Gasteiger partial charge in [-0.25, -0.2) is 0 Å². The molecule has 0 bridgehead atoms. The fraction of sp³-hybridized carbons (Fsp3) is 1.00. The summed E-state index contributed by atoms with van der Waals surface area (Å²) >= 11 is 0. The first-order valence-electron chi connectivity index (χ1n) is 7.57. The molecule has 3 atom stereocenters. The van der Waals surface area contributed by atoms with Gasteiger partial charge in [0.1, 0.15) is 0 Å². The Labute approximate surface area is 123 Å². The smallest absolute Gasteiger partial charge is 0.0991 e. The zero-order valence-corrected chi connectivity index (χ0v) is 13.6. The van der Waals surface area contributed by atoms with Crippen molar-refractivity contribution in [1.82, 2.24) is 5.32 Å². The Kier molecular flexibility index (Phi) is 7.99. The fourth-order valence-corrected chi connectivity index (χ4v) is 2.24. The molecule has 1 saturated carbocycles. The lowest BCUT2D eigenvalue weighted by molar-refractivity contribution is -0.161. The third kappa shape index (κ3) is 6.50. The van der Waals surface area contributed by atoms with Gasteiger partial charge in [0, 0.05) is 13.2 Å². The average Bonchev–Trinajstić information content (AvgIpc) is 2.35. The predicted octanol–water partition coefficient (Wildman–Crippen LogP) is 1.60. The van der Waals surface area contributed by atoms with E-state index in [1.807, 2.05) is 20.8 Å². The average molecular weight is 289 g/mol. The number of ether oxygens (including phenoxy) is 4. The summed E-state index contributed by atoms with van der Waals surface area (Å²) in [5, 5.41) is 3.43. The SMILES string of the molecule is CCNC1CC(OCCOC(C)(C)C)C1OCCOC. The molecule has 0 spiro atoms. The van der Waals surface area contributed by atoms with Crippen LogP contribution in [0.25, 0.3) is 0 Å². The van der Waals surface area contributed by atoms with Crippen LogP contribution >= 0.6 is 0 Å². The van der Waals surface area contributed by atoms with E-state index < -0.39 is 0 Å². The van der Waals surface area contributed by atoms with Gasteiger partial charge < -0.3 is 24.3 Å². The Morgan fingerprint density at radius 3 is 2.35 bits per heavy atom. The van der Waals surface area contributed by atoms with E-state index in [1.165, 1.54) is 0 Å². The first-order valence-corrected chi connectivity index (χ1v) is 7.57. The fourth-order valence-electron chi connectivity index (χ4n) is 2.24. The summed E-state index contributed by atoms with van der Waals surface area (Å²) in [6.07, 6.45) is 1.29. The Morgan fingerprint density at radius 1 is 1.05 bits per heavy atom. The summed E-state index contributed by atoms with van der Waals surface area (Å²) in [4.78, 5) is 0. The minimum absolute atomic E-state index is 0.107. The van der Waals surface area contributed by atoms with Crippen molar-refractivity contribution >= 4 is 0 Å². The summed E-state index contributed by atoms with van der Waals surface area (Å²) in [6, 6.07) is 0.394. The van der Waals surface area contributed by atoms with E-state index in [1.54, 1.807) is 7.11 Å². The highest BCUT2D eigenvalue weighted by Gasteiger charge is 2.42. The van der Waals surface area contributed by atoms with E-state index in [4.69, 9.17) is 18.9 Å². The van der Waals surface area contributed by atoms with Crippen LogP contribution in [0.3, 0.4) is 0 Å². The third-order valence-corrected chi connectivity index (χ3v) is 3.26. The van der Waals surface area contributed by atoms with Gasteiger partial charge in [-0.15, -0.1) is 0 Å². The molecule has 1 rings (SSSR count). The highest BCUT2D eigenvalue weighted by atomic mass is 16.6. The molecule has 0 radical (unpaired) electrons. The van der Waals surface area contributed by atoms with E-state index >= 15 is 0 Å². The molecule has 3 unspecified atom stereocenters. The minimum atomic E-state index is -0.107. The van der Waals surface area contributed by atoms with Crippen LogP contribution in [0, 0.1) is 0 Å². The number of hydrogen-bond acceptors (Lipinski definition) is 5. The van der Waals surface area contributed by atoms with Crippen LogP contribution in [0.5, 0.6) is 0 Å². The molecule has 20 heavy (non-hydrogen) atoms. The number of hydrogen-bond donors (Lipinski definition) is 1. The maximum atomic E-state index is 5.86. The minimum Gasteiger partial charge on any atom is -0.382 e. The number of likely N-dealkylation sites (N-methyl/N-ethyl adjacent to an activating group) is 1. The standard InChI is InChI=1S/C15H31NO4/c1-6-16-12-11-13(14(12)19-8-7-17-5)18-9-10-20-15(2,3)4/h12-14,16H,6-11H2,1-5H3. The Hall–Kier alpha value is -0.200. The molecule has 1 N–H and O–H groups in total. The summed E-state index contributed by atoms with van der Waals surface area (Å²) in [6.45, 7) is 11.7. The van der Waals surface area contributed by atoms with E-state index in [9.17, 15) is 0 Å². The van der Waals surface area contributed by atoms with Crippen molar-refractivity contribution in [3.05, 3.63) is 0 Å². The lowest BCUT2D eigenvalue weighted by Gasteiger charge is -2.44. The molecular formula is C15H31NO4. The zero-order chi connectivity index (χ0) is 15.0. The van der Waals surface area contributed by atoms with Gasteiger partial charge in [0.2, 0.25) is 0 Å². The van der Waals surface area contributed by atoms with Crippen LogP contribution in [0.2, 0.25) is 0 Å². The van der Waals surface area contributed by atoms with E-state index in [2.05, 4.69) is 12.2 Å². The number of methoxy groups -OCH3 is 1. The highest BCUT2D eigenvalue weighted by molar-refractivity contribution is 4.97. The quantitative estimate of drug-likeness (QED) is 0.619. The lowest BCUT2D eigenvalue weighted by atomic mass is 9.85. The lowest BCUT2D eigenvalue weighted by Crippen LogP contribution is -2.60. The van der Waals surface area contributed by atoms with Crippen molar-refractivity contribution < 1.29 is 18.9 Å². The summed E-state index contributed by atoms with van der Waals surface area (Å²) in [7, 11) is 1.68. The van der Waals surface area contributed by atoms with Crippen molar-refractivity contribution in [1.29, 1.82) is 0 Å². The third-order valence-electron chi connectivity index (χ3n) is 3.26. The first-order chi connectivity index (χ1) is 9.48. The van der Waals surface area contributed by atoms with Crippen LogP contribution in [-0.2, 0) is 18.9 Å². The van der Waals surface area contributed by atoms with Gasteiger partial charge in [0.15, 0.2) is 0 Å². The molecule has 120 valence electrons. The second-order valence-corrected chi connectivity index (χ2v) is 6.10. The molecule has 5 heteroatoms. The van der Waals surface area contributed by atoms with Crippen LogP contribution in [0.1, 0.15) is 34.1 Å². The van der Waals surface area contributed by atoms with Gasteiger partial charge in [0.05, 0.1) is 44.2 Å². The molecular weight excluding hydrogens is 258 g/mol. The van der Waals surface area contributed by atoms with Gasteiger partial charge in [-0.1, -0.05) is 6.92 Å². The Balaban J connectivity index is 2.22. The Morgan fingerprint density at radius 2 is 1.75 bits per heavy atom. The molecule has 0 saturated heterocycles. The van der Waals surface area contributed by atoms with Gasteiger partial charge in [0.25, 0.3) is 0 Å². The van der Waals surface area contributed by atoms with Crippen LogP contribution in [-0.4, -0.2) is 63.9 Å². The maximum Gasteiger partial charge on any atom is 0.0991 e. The van der Waals surface area contributed by atoms with Crippen LogP contribution in [0.15, 0.2) is 0 Å². The molecule has 1 fully saturated rings. The molecule has 1 aliphatic rings. The van der Waals surface area contributed by atoms with Gasteiger partial charge >= 0.3 is 0 Å². The van der Waals surface area contributed by atoms with Crippen LogP contribution in [0.4, 0.5) is 0 Å². The second kappa shape index (κ2) is 8.95. The molecule has 0 aromatic carbocycles. The van der Waals surface area contributed by atoms with Crippen molar-refractivity contribution in [3.8, 4) is 0 Å². The molecule has 5 nitrogen and oxygen atoms in total. The largest absolute Gasteiger partial charge is 0.382 e. The topological polar surface area (TPSA) is 49.0 Å². The predicted molar refractivity (Wildman–Crippen MR) is 79.1 cm³/mol. The van der Waals surface area contributed by atoms with E-state index in [0.717, 1.165) is 13.0 Å². The van der Waals surface area contributed by atoms with Crippen molar-refractivity contribution in [2.45, 2.75) is 58.0 Å². The monoisotopic (exact) mass is 289 g/mol. The van der Waals surface area contributed by atoms with Crippen molar-refractivity contribution in [2.75, 3.05) is 40.1 Å². The normalized spacial score (nSPS) is 26.6. The molecule has 1 aliphatic carbocycles. The van der Waals surface area contributed by atoms with E-state index in [0.29, 0.717) is 32.5 Å². The molecule has 0 aliphatic heterocycles. The molecule has 0 aromatic heterocycles. The Bertz CT molecular complexity index is 255. The summed E-state index contributed by atoms with van der Waals surface area (Å²) < 4.78 is 22.4. The van der Waals surface area contributed by atoms with Crippen molar-refractivity contribution in [3.63, 3.8) is 0 Å². The summed E-state index contributed by atoms with van der Waals surface area (Å²) in [5.74, 6) is 0. The maximum absolute atomic E-state index is 5.86. The molecule has 0 aromatic rings. The van der Waals surface area contributed by atoms with Gasteiger partial charge in [-0.2, -0.15) is 0 Å². The second-order valence-electron chi connectivity index (χ2n) is 6.10. The molecule has 0 amide bonds. The van der Waals surface area contributed by atoms with E-state index in [-0.39, 0.29) is 17.8 Å². The van der Waals surface area contributed by atoms with Gasteiger partial charge in [-0.05, 0) is 33.7 Å².